The third-order valence-electron chi connectivity index (χ3n) is 2.25. The summed E-state index contributed by atoms with van der Waals surface area (Å²) in [5.41, 5.74) is 2.75. The van der Waals surface area contributed by atoms with Crippen molar-refractivity contribution in [3.05, 3.63) is 45.7 Å². The van der Waals surface area contributed by atoms with E-state index < -0.39 is 0 Å². The van der Waals surface area contributed by atoms with E-state index >= 15 is 0 Å². The lowest BCUT2D eigenvalue weighted by atomic mass is 10.1. The number of benzene rings is 1. The lowest BCUT2D eigenvalue weighted by Crippen LogP contribution is -1.92. The zero-order valence-corrected chi connectivity index (χ0v) is 10.5. The van der Waals surface area contributed by atoms with Crippen LogP contribution in [-0.4, -0.2) is 9.97 Å². The SMILES string of the molecule is Cc1cc(Cl)nc(-c2ccc(C)c(Cl)c2)n1. The number of nitrogens with zero attached hydrogens (tertiary/aromatic N) is 2. The molecule has 4 heteroatoms. The summed E-state index contributed by atoms with van der Waals surface area (Å²) in [6.45, 7) is 3.84. The van der Waals surface area contributed by atoms with E-state index in [1.54, 1.807) is 6.07 Å². The topological polar surface area (TPSA) is 25.8 Å². The van der Waals surface area contributed by atoms with Gasteiger partial charge in [0.05, 0.1) is 0 Å². The molecule has 0 N–H and O–H groups in total. The van der Waals surface area contributed by atoms with Crippen molar-refractivity contribution >= 4 is 23.2 Å². The summed E-state index contributed by atoms with van der Waals surface area (Å²) in [6, 6.07) is 7.45. The van der Waals surface area contributed by atoms with Gasteiger partial charge in [-0.1, -0.05) is 35.3 Å². The second-order valence-corrected chi connectivity index (χ2v) is 4.41. The zero-order valence-electron chi connectivity index (χ0n) is 8.96. The summed E-state index contributed by atoms with van der Waals surface area (Å²) < 4.78 is 0. The first-order valence-corrected chi connectivity index (χ1v) is 5.59. The van der Waals surface area contributed by atoms with Crippen LogP contribution in [0.15, 0.2) is 24.3 Å². The highest BCUT2D eigenvalue weighted by Gasteiger charge is 2.05. The molecule has 1 aromatic carbocycles. The average molecular weight is 253 g/mol. The largest absolute Gasteiger partial charge is 0.233 e. The Hall–Kier alpha value is -1.12. The number of hydrogen-bond donors (Lipinski definition) is 0. The Bertz CT molecular complexity index is 518. The average Bonchev–Trinajstić information content (AvgIpc) is 2.20. The molecule has 0 fully saturated rings. The molecule has 82 valence electrons. The van der Waals surface area contributed by atoms with Crippen molar-refractivity contribution in [2.75, 3.05) is 0 Å². The summed E-state index contributed by atoms with van der Waals surface area (Å²) in [5, 5.41) is 1.15. The van der Waals surface area contributed by atoms with Crippen molar-refractivity contribution in [1.29, 1.82) is 0 Å². The summed E-state index contributed by atoms with van der Waals surface area (Å²) in [7, 11) is 0. The van der Waals surface area contributed by atoms with Gasteiger partial charge in [0.25, 0.3) is 0 Å². The Morgan fingerprint density at radius 2 is 1.75 bits per heavy atom. The van der Waals surface area contributed by atoms with Gasteiger partial charge in [-0.25, -0.2) is 9.97 Å². The van der Waals surface area contributed by atoms with Crippen molar-refractivity contribution in [1.82, 2.24) is 9.97 Å². The van der Waals surface area contributed by atoms with E-state index in [4.69, 9.17) is 23.2 Å². The molecule has 0 aliphatic carbocycles. The maximum Gasteiger partial charge on any atom is 0.161 e. The molecule has 0 spiro atoms. The second-order valence-electron chi connectivity index (χ2n) is 3.62. The molecule has 0 atom stereocenters. The number of halogens is 2. The van der Waals surface area contributed by atoms with Crippen LogP contribution in [-0.2, 0) is 0 Å². The molecule has 0 amide bonds. The van der Waals surface area contributed by atoms with Crippen molar-refractivity contribution < 1.29 is 0 Å². The Kier molecular flexibility index (Phi) is 3.13. The normalized spacial score (nSPS) is 10.5. The molecule has 0 radical (unpaired) electrons. The van der Waals surface area contributed by atoms with E-state index in [0.717, 1.165) is 16.8 Å². The second kappa shape index (κ2) is 4.40. The highest BCUT2D eigenvalue weighted by atomic mass is 35.5. The van der Waals surface area contributed by atoms with Gasteiger partial charge in [0, 0.05) is 16.3 Å². The van der Waals surface area contributed by atoms with Crippen molar-refractivity contribution in [2.45, 2.75) is 13.8 Å². The predicted molar refractivity (Wildman–Crippen MR) is 67.0 cm³/mol. The lowest BCUT2D eigenvalue weighted by molar-refractivity contribution is 1.11. The number of aromatic nitrogens is 2. The van der Waals surface area contributed by atoms with Crippen LogP contribution in [0.4, 0.5) is 0 Å². The van der Waals surface area contributed by atoms with Crippen LogP contribution in [0.2, 0.25) is 10.2 Å². The first-order chi connectivity index (χ1) is 7.56. The summed E-state index contributed by atoms with van der Waals surface area (Å²) in [4.78, 5) is 8.49. The molecule has 2 nitrogen and oxygen atoms in total. The van der Waals surface area contributed by atoms with E-state index in [2.05, 4.69) is 9.97 Å². The van der Waals surface area contributed by atoms with Gasteiger partial charge in [-0.05, 0) is 31.5 Å². The van der Waals surface area contributed by atoms with Gasteiger partial charge >= 0.3 is 0 Å². The van der Waals surface area contributed by atoms with Crippen LogP contribution in [0.25, 0.3) is 11.4 Å². The van der Waals surface area contributed by atoms with Gasteiger partial charge < -0.3 is 0 Å². The first kappa shape index (κ1) is 11.4. The van der Waals surface area contributed by atoms with E-state index in [0.29, 0.717) is 16.0 Å². The number of aryl methyl sites for hydroxylation is 2. The lowest BCUT2D eigenvalue weighted by Gasteiger charge is -2.04. The van der Waals surface area contributed by atoms with Crippen LogP contribution >= 0.6 is 23.2 Å². The fourth-order valence-corrected chi connectivity index (χ4v) is 1.81. The van der Waals surface area contributed by atoms with E-state index in [1.165, 1.54) is 0 Å². The van der Waals surface area contributed by atoms with Gasteiger partial charge in [0.1, 0.15) is 5.15 Å². The number of hydrogen-bond acceptors (Lipinski definition) is 2. The Balaban J connectivity index is 2.54. The monoisotopic (exact) mass is 252 g/mol. The van der Waals surface area contributed by atoms with Crippen LogP contribution in [0.5, 0.6) is 0 Å². The Labute approximate surface area is 104 Å². The van der Waals surface area contributed by atoms with Crippen molar-refractivity contribution in [3.8, 4) is 11.4 Å². The highest BCUT2D eigenvalue weighted by Crippen LogP contribution is 2.23. The standard InChI is InChI=1S/C12H10Cl2N2/c1-7-3-4-9(6-10(7)13)12-15-8(2)5-11(14)16-12/h3-6H,1-2H3. The molecule has 0 saturated heterocycles. The van der Waals surface area contributed by atoms with Gasteiger partial charge in [-0.2, -0.15) is 0 Å². The summed E-state index contributed by atoms with van der Waals surface area (Å²) in [5.74, 6) is 0.604. The maximum absolute atomic E-state index is 6.05. The van der Waals surface area contributed by atoms with Crippen LogP contribution < -0.4 is 0 Å². The molecular formula is C12H10Cl2N2. The highest BCUT2D eigenvalue weighted by molar-refractivity contribution is 6.31. The molecule has 0 unspecified atom stereocenters. The molecule has 0 saturated carbocycles. The smallest absolute Gasteiger partial charge is 0.161 e. The molecule has 2 rings (SSSR count). The molecule has 0 aliphatic heterocycles. The Morgan fingerprint density at radius 3 is 2.38 bits per heavy atom. The number of rotatable bonds is 1. The molecule has 2 aromatic rings. The third-order valence-corrected chi connectivity index (χ3v) is 2.85. The predicted octanol–water partition coefficient (Wildman–Crippen LogP) is 4.07. The van der Waals surface area contributed by atoms with E-state index in [1.807, 2.05) is 32.0 Å². The molecule has 1 aromatic heterocycles. The first-order valence-electron chi connectivity index (χ1n) is 4.84. The van der Waals surface area contributed by atoms with Crippen LogP contribution in [0.1, 0.15) is 11.3 Å². The fraction of sp³-hybridized carbons (Fsp3) is 0.167. The zero-order chi connectivity index (χ0) is 11.7. The summed E-state index contributed by atoms with van der Waals surface area (Å²) in [6.07, 6.45) is 0. The minimum atomic E-state index is 0.444. The Morgan fingerprint density at radius 1 is 1.00 bits per heavy atom. The van der Waals surface area contributed by atoms with Crippen molar-refractivity contribution in [2.24, 2.45) is 0 Å². The van der Waals surface area contributed by atoms with Crippen molar-refractivity contribution in [3.63, 3.8) is 0 Å². The minimum Gasteiger partial charge on any atom is -0.233 e. The third kappa shape index (κ3) is 2.34. The molecule has 0 bridgehead atoms. The van der Waals surface area contributed by atoms with Gasteiger partial charge in [-0.15, -0.1) is 0 Å². The molecule has 16 heavy (non-hydrogen) atoms. The van der Waals surface area contributed by atoms with Gasteiger partial charge in [0.2, 0.25) is 0 Å². The molecular weight excluding hydrogens is 243 g/mol. The fourth-order valence-electron chi connectivity index (χ4n) is 1.39. The van der Waals surface area contributed by atoms with E-state index in [9.17, 15) is 0 Å². The quantitative estimate of drug-likeness (QED) is 0.716. The van der Waals surface area contributed by atoms with E-state index in [-0.39, 0.29) is 0 Å². The van der Waals surface area contributed by atoms with Gasteiger partial charge in [-0.3, -0.25) is 0 Å². The minimum absolute atomic E-state index is 0.444. The summed E-state index contributed by atoms with van der Waals surface area (Å²) >= 11 is 11.9. The van der Waals surface area contributed by atoms with Gasteiger partial charge in [0.15, 0.2) is 5.82 Å². The molecule has 0 aliphatic rings. The molecule has 1 heterocycles. The van der Waals surface area contributed by atoms with Crippen LogP contribution in [0, 0.1) is 13.8 Å². The maximum atomic E-state index is 6.05. The van der Waals surface area contributed by atoms with Crippen LogP contribution in [0.3, 0.4) is 0 Å².